The van der Waals surface area contributed by atoms with E-state index in [1.54, 1.807) is 4.90 Å². The topological polar surface area (TPSA) is 184 Å². The van der Waals surface area contributed by atoms with Crippen LogP contribution in [0.4, 0.5) is 0 Å². The van der Waals surface area contributed by atoms with Gasteiger partial charge in [0.25, 0.3) is 0 Å². The third kappa shape index (κ3) is 35.3. The summed E-state index contributed by atoms with van der Waals surface area (Å²) in [6.45, 7) is 9.15. The number of hydrogen-bond donors (Lipinski definition) is 6. The predicted octanol–water partition coefficient (Wildman–Crippen LogP) is 5.43. The number of guanidine groups is 1. The predicted molar refractivity (Wildman–Crippen MR) is 211 cm³/mol. The molecule has 0 heterocycles. The molecule has 0 aromatic carbocycles. The van der Waals surface area contributed by atoms with Crippen molar-refractivity contribution < 1.29 is 19.2 Å². The van der Waals surface area contributed by atoms with Crippen molar-refractivity contribution in [2.75, 3.05) is 52.4 Å². The molecule has 0 spiro atoms. The van der Waals surface area contributed by atoms with E-state index in [4.69, 9.17) is 11.5 Å². The average Bonchev–Trinajstić information content (AvgIpc) is 3.11. The summed E-state index contributed by atoms with van der Waals surface area (Å²) in [6.07, 6.45) is 23.4. The van der Waals surface area contributed by atoms with Gasteiger partial charge in [0.1, 0.15) is 0 Å². The Balaban J connectivity index is 4.45. The van der Waals surface area contributed by atoms with Crippen LogP contribution in [-0.4, -0.2) is 86.8 Å². The number of carbonyl (C=O) groups excluding carboxylic acids is 4. The number of nitrogens with zero attached hydrogens (tertiary/aromatic N) is 2. The third-order valence-electron chi connectivity index (χ3n) is 8.95. The quantitative estimate of drug-likeness (QED) is 0.0281. The number of carbonyl (C=O) groups is 4. The van der Waals surface area contributed by atoms with Crippen molar-refractivity contribution in [2.45, 2.75) is 168 Å². The van der Waals surface area contributed by atoms with Gasteiger partial charge in [-0.1, -0.05) is 104 Å². The summed E-state index contributed by atoms with van der Waals surface area (Å²) in [5.41, 5.74) is 10.6. The summed E-state index contributed by atoms with van der Waals surface area (Å²) in [5.74, 6) is 0.00728. The molecule has 0 aromatic rings. The molecule has 0 saturated heterocycles. The number of nitrogens with one attached hydrogen (secondary N) is 4. The number of hydrogen-bond acceptors (Lipinski definition) is 6. The third-order valence-corrected chi connectivity index (χ3v) is 8.95. The molecule has 12 heteroatoms. The number of nitrogens with two attached hydrogens (primary N) is 2. The van der Waals surface area contributed by atoms with E-state index in [0.717, 1.165) is 51.6 Å². The fourth-order valence-corrected chi connectivity index (χ4v) is 5.82. The van der Waals surface area contributed by atoms with Gasteiger partial charge in [-0.25, -0.2) is 0 Å². The smallest absolute Gasteiger partial charge is 0.223 e. The molecule has 8 N–H and O–H groups in total. The van der Waals surface area contributed by atoms with Crippen LogP contribution >= 0.6 is 0 Å². The highest BCUT2D eigenvalue weighted by molar-refractivity contribution is 5.83. The fraction of sp³-hybridized carbons (Fsp3) is 0.872. The monoisotopic (exact) mass is 723 g/mol. The second-order valence-electron chi connectivity index (χ2n) is 13.9. The first-order valence-electron chi connectivity index (χ1n) is 20.6. The molecule has 298 valence electrons. The first kappa shape index (κ1) is 48.1. The second-order valence-corrected chi connectivity index (χ2v) is 13.9. The van der Waals surface area contributed by atoms with Gasteiger partial charge in [0.15, 0.2) is 5.96 Å². The molecule has 12 nitrogen and oxygen atoms in total. The number of unbranched alkanes of at least 4 members (excludes halogenated alkanes) is 14. The number of aliphatic imine (C=N–C) groups is 1. The van der Waals surface area contributed by atoms with Gasteiger partial charge in [-0.3, -0.25) is 24.2 Å². The average molecular weight is 723 g/mol. The Kier molecular flexibility index (Phi) is 34.8. The van der Waals surface area contributed by atoms with Crippen molar-refractivity contribution >= 4 is 29.6 Å². The van der Waals surface area contributed by atoms with Crippen LogP contribution < -0.4 is 32.7 Å². The lowest BCUT2D eigenvalue weighted by Crippen LogP contribution is -2.37. The fourth-order valence-electron chi connectivity index (χ4n) is 5.82. The minimum Gasteiger partial charge on any atom is -0.370 e. The summed E-state index contributed by atoms with van der Waals surface area (Å²) < 4.78 is 0. The van der Waals surface area contributed by atoms with Crippen LogP contribution in [0.2, 0.25) is 0 Å². The molecule has 0 unspecified atom stereocenters. The van der Waals surface area contributed by atoms with E-state index in [-0.39, 0.29) is 42.4 Å². The van der Waals surface area contributed by atoms with Crippen molar-refractivity contribution in [3.8, 4) is 0 Å². The van der Waals surface area contributed by atoms with Crippen LogP contribution in [0, 0.1) is 0 Å². The number of rotatable bonds is 37. The standard InChI is InChI=1S/C39H78N8O4/c1-3-5-7-9-11-13-15-17-23-35(48)44-31-21-33-47(34-22-32-45-36(49)24-18-16-14-12-10-8-6-4-2)38(51)26-25-37(50)43-29-19-27-42-28-20-30-46-39(40)41/h42H,3-34H2,1-2H3,(H,43,50)(H,44,48)(H,45,49)(H4,40,41,46). The first-order valence-corrected chi connectivity index (χ1v) is 20.6. The van der Waals surface area contributed by atoms with Crippen LogP contribution in [0.25, 0.3) is 0 Å². The molecule has 0 bridgehead atoms. The maximum absolute atomic E-state index is 13.2. The van der Waals surface area contributed by atoms with E-state index >= 15 is 0 Å². The van der Waals surface area contributed by atoms with Gasteiger partial charge in [0.05, 0.1) is 0 Å². The van der Waals surface area contributed by atoms with Crippen LogP contribution in [0.1, 0.15) is 168 Å². The molecule has 0 saturated carbocycles. The molecule has 51 heavy (non-hydrogen) atoms. The Bertz CT molecular complexity index is 858. The zero-order chi connectivity index (χ0) is 37.6. The van der Waals surface area contributed by atoms with Crippen molar-refractivity contribution in [3.63, 3.8) is 0 Å². The molecule has 0 rings (SSSR count). The van der Waals surface area contributed by atoms with Gasteiger partial charge >= 0.3 is 0 Å². The Morgan fingerprint density at radius 1 is 0.471 bits per heavy atom. The van der Waals surface area contributed by atoms with Crippen LogP contribution in [0.5, 0.6) is 0 Å². The van der Waals surface area contributed by atoms with Gasteiger partial charge in [-0.05, 0) is 51.6 Å². The maximum atomic E-state index is 13.2. The molecule has 0 aliphatic carbocycles. The van der Waals surface area contributed by atoms with Crippen molar-refractivity contribution in [1.29, 1.82) is 0 Å². The highest BCUT2D eigenvalue weighted by Gasteiger charge is 2.15. The van der Waals surface area contributed by atoms with E-state index in [0.29, 0.717) is 65.0 Å². The van der Waals surface area contributed by atoms with Gasteiger partial charge in [-0.15, -0.1) is 0 Å². The number of amides is 4. The summed E-state index contributed by atoms with van der Waals surface area (Å²) in [5, 5.41) is 12.2. The summed E-state index contributed by atoms with van der Waals surface area (Å²) in [7, 11) is 0. The summed E-state index contributed by atoms with van der Waals surface area (Å²) in [4.78, 5) is 55.9. The Hall–Kier alpha value is -2.89. The second kappa shape index (κ2) is 36.9. The van der Waals surface area contributed by atoms with Crippen LogP contribution in [0.15, 0.2) is 4.99 Å². The Morgan fingerprint density at radius 3 is 1.35 bits per heavy atom. The Morgan fingerprint density at radius 2 is 0.882 bits per heavy atom. The van der Waals surface area contributed by atoms with E-state index in [1.807, 2.05) is 0 Å². The molecule has 0 atom stereocenters. The maximum Gasteiger partial charge on any atom is 0.223 e. The largest absolute Gasteiger partial charge is 0.370 e. The molecule has 0 aromatic heterocycles. The van der Waals surface area contributed by atoms with Crippen LogP contribution in [0.3, 0.4) is 0 Å². The lowest BCUT2D eigenvalue weighted by Gasteiger charge is -2.23. The molecular weight excluding hydrogens is 644 g/mol. The molecular formula is C39H78N8O4. The molecule has 4 amide bonds. The minimum absolute atomic E-state index is 0.0656. The highest BCUT2D eigenvalue weighted by atomic mass is 16.2. The lowest BCUT2D eigenvalue weighted by atomic mass is 10.1. The molecule has 0 aliphatic heterocycles. The van der Waals surface area contributed by atoms with Crippen molar-refractivity contribution in [2.24, 2.45) is 16.5 Å². The first-order chi connectivity index (χ1) is 24.8. The lowest BCUT2D eigenvalue weighted by molar-refractivity contribution is -0.133. The molecule has 0 fully saturated rings. The highest BCUT2D eigenvalue weighted by Crippen LogP contribution is 2.11. The normalized spacial score (nSPS) is 10.9. The Labute approximate surface area is 311 Å². The van der Waals surface area contributed by atoms with Crippen LogP contribution in [-0.2, 0) is 19.2 Å². The molecule has 0 aliphatic rings. The summed E-state index contributed by atoms with van der Waals surface area (Å²) >= 11 is 0. The van der Waals surface area contributed by atoms with Gasteiger partial charge in [-0.2, -0.15) is 0 Å². The van der Waals surface area contributed by atoms with E-state index < -0.39 is 0 Å². The van der Waals surface area contributed by atoms with Crippen molar-refractivity contribution in [1.82, 2.24) is 26.2 Å². The zero-order valence-corrected chi connectivity index (χ0v) is 32.8. The van der Waals surface area contributed by atoms with Gasteiger partial charge in [0.2, 0.25) is 23.6 Å². The van der Waals surface area contributed by atoms with E-state index in [1.165, 1.54) is 77.0 Å². The summed E-state index contributed by atoms with van der Waals surface area (Å²) in [6, 6.07) is 0. The molecule has 0 radical (unpaired) electrons. The minimum atomic E-state index is -0.141. The SMILES string of the molecule is CCCCCCCCCCC(=O)NCCCN(CCCNC(=O)CCCCCCCCCC)C(=O)CCC(=O)NCCCNCCCN=C(N)N. The van der Waals surface area contributed by atoms with Gasteiger partial charge in [0, 0.05) is 65.0 Å². The van der Waals surface area contributed by atoms with E-state index in [9.17, 15) is 19.2 Å². The van der Waals surface area contributed by atoms with E-state index in [2.05, 4.69) is 40.1 Å². The van der Waals surface area contributed by atoms with Gasteiger partial charge < -0.3 is 37.6 Å². The van der Waals surface area contributed by atoms with Crippen molar-refractivity contribution in [3.05, 3.63) is 0 Å². The zero-order valence-electron chi connectivity index (χ0n) is 32.8.